The van der Waals surface area contributed by atoms with Crippen LogP contribution < -0.4 is 5.32 Å². The summed E-state index contributed by atoms with van der Waals surface area (Å²) in [6.45, 7) is 4.18. The molecule has 0 unspecified atom stereocenters. The van der Waals surface area contributed by atoms with Crippen LogP contribution in [0.3, 0.4) is 0 Å². The van der Waals surface area contributed by atoms with Crippen LogP contribution in [0.25, 0.3) is 16.7 Å². The molecule has 164 valence electrons. The molecule has 2 aliphatic rings. The number of hydrogen-bond donors (Lipinski definition) is 2. The number of β-amino-alcohol motifs (C(OH)–C–C–N with tert-alkyl or cyclic N) is 1. The summed E-state index contributed by atoms with van der Waals surface area (Å²) in [5, 5.41) is 23.3. The van der Waals surface area contributed by atoms with Gasteiger partial charge >= 0.3 is 0 Å². The molecule has 1 aliphatic carbocycles. The van der Waals surface area contributed by atoms with Crippen LogP contribution in [0.15, 0.2) is 36.7 Å². The molecule has 6 rings (SSSR count). The Balaban J connectivity index is 1.23. The zero-order chi connectivity index (χ0) is 21.8. The molecule has 9 nitrogen and oxygen atoms in total. The van der Waals surface area contributed by atoms with Crippen LogP contribution in [0.1, 0.15) is 30.1 Å². The van der Waals surface area contributed by atoms with Crippen molar-refractivity contribution in [3.05, 3.63) is 53.1 Å². The van der Waals surface area contributed by atoms with Gasteiger partial charge < -0.3 is 10.4 Å². The van der Waals surface area contributed by atoms with E-state index >= 15 is 0 Å². The van der Waals surface area contributed by atoms with E-state index in [0.29, 0.717) is 36.1 Å². The normalized spacial score (nSPS) is 17.1. The number of hydrogen-bond acceptors (Lipinski definition) is 7. The molecule has 0 amide bonds. The van der Waals surface area contributed by atoms with Crippen molar-refractivity contribution in [1.29, 1.82) is 0 Å². The molecule has 0 spiro atoms. The van der Waals surface area contributed by atoms with E-state index < -0.39 is 0 Å². The van der Waals surface area contributed by atoms with Crippen molar-refractivity contribution in [1.82, 2.24) is 34.4 Å². The lowest BCUT2D eigenvalue weighted by molar-refractivity contribution is -0.00297. The number of nitrogens with one attached hydrogen (secondary N) is 1. The SMILES string of the molecule is Cc1nn(-c2ccnc(Nc3ccc4c(c3)c(Cl)nn4C3CC3)n2)cc1CN1CC(O)C1. The summed E-state index contributed by atoms with van der Waals surface area (Å²) in [6, 6.07) is 8.31. The van der Waals surface area contributed by atoms with Gasteiger partial charge in [0.05, 0.1) is 23.4 Å². The van der Waals surface area contributed by atoms with Gasteiger partial charge in [0.2, 0.25) is 5.95 Å². The first-order chi connectivity index (χ1) is 15.5. The van der Waals surface area contributed by atoms with Crippen LogP contribution in [0.5, 0.6) is 0 Å². The van der Waals surface area contributed by atoms with Crippen molar-refractivity contribution in [3.8, 4) is 5.82 Å². The second-order valence-electron chi connectivity index (χ2n) is 8.59. The highest BCUT2D eigenvalue weighted by Gasteiger charge is 2.27. The number of halogens is 1. The molecule has 2 N–H and O–H groups in total. The lowest BCUT2D eigenvalue weighted by Gasteiger charge is -2.35. The summed E-state index contributed by atoms with van der Waals surface area (Å²) in [6.07, 6.45) is 5.80. The number of aliphatic hydroxyl groups excluding tert-OH is 1. The van der Waals surface area contributed by atoms with Gasteiger partial charge in [-0.3, -0.25) is 9.58 Å². The van der Waals surface area contributed by atoms with Gasteiger partial charge in [-0.15, -0.1) is 0 Å². The number of aliphatic hydroxyl groups is 1. The number of nitrogens with zero attached hydrogens (tertiary/aromatic N) is 7. The van der Waals surface area contributed by atoms with Crippen LogP contribution in [0.2, 0.25) is 5.15 Å². The first kappa shape index (κ1) is 19.7. The third kappa shape index (κ3) is 3.62. The van der Waals surface area contributed by atoms with Gasteiger partial charge in [-0.25, -0.2) is 9.67 Å². The Bertz CT molecular complexity index is 1300. The second-order valence-corrected chi connectivity index (χ2v) is 8.95. The molecule has 0 atom stereocenters. The first-order valence-electron chi connectivity index (χ1n) is 10.8. The number of rotatable bonds is 6. The van der Waals surface area contributed by atoms with Gasteiger partial charge in [0.15, 0.2) is 11.0 Å². The van der Waals surface area contributed by atoms with Gasteiger partial charge in [0.1, 0.15) is 0 Å². The van der Waals surface area contributed by atoms with Gasteiger partial charge in [-0.05, 0) is 38.0 Å². The van der Waals surface area contributed by atoms with Crippen LogP contribution in [-0.4, -0.2) is 58.7 Å². The van der Waals surface area contributed by atoms with Crippen LogP contribution in [0, 0.1) is 6.92 Å². The zero-order valence-electron chi connectivity index (χ0n) is 17.6. The summed E-state index contributed by atoms with van der Waals surface area (Å²) in [5.41, 5.74) is 3.97. The monoisotopic (exact) mass is 450 g/mol. The van der Waals surface area contributed by atoms with Gasteiger partial charge in [0, 0.05) is 54.7 Å². The van der Waals surface area contributed by atoms with Crippen LogP contribution in [0.4, 0.5) is 11.6 Å². The fraction of sp³-hybridized carbons (Fsp3) is 0.364. The molecule has 0 radical (unpaired) electrons. The standard InChI is InChI=1S/C22H23ClN8O/c1-13-14(9-29-11-17(32)12-29)10-30(27-13)20-6-7-24-22(26-20)25-15-2-5-19-18(8-15)21(23)28-31(19)16-3-4-16/h2,5-8,10,16-17,32H,3-4,9,11-12H2,1H3,(H,24,25,26). The Morgan fingerprint density at radius 1 is 1.19 bits per heavy atom. The molecule has 32 heavy (non-hydrogen) atoms. The van der Waals surface area contributed by atoms with Gasteiger partial charge in [-0.1, -0.05) is 11.6 Å². The summed E-state index contributed by atoms with van der Waals surface area (Å²) >= 11 is 6.39. The Morgan fingerprint density at radius 3 is 2.81 bits per heavy atom. The summed E-state index contributed by atoms with van der Waals surface area (Å²) < 4.78 is 3.80. The van der Waals surface area contributed by atoms with Crippen LogP contribution in [-0.2, 0) is 6.54 Å². The summed E-state index contributed by atoms with van der Waals surface area (Å²) in [7, 11) is 0. The lowest BCUT2D eigenvalue weighted by atomic mass is 10.1. The van der Waals surface area contributed by atoms with E-state index in [1.165, 1.54) is 0 Å². The fourth-order valence-corrected chi connectivity index (χ4v) is 4.36. The molecule has 1 aliphatic heterocycles. The van der Waals surface area contributed by atoms with E-state index in [0.717, 1.165) is 47.2 Å². The van der Waals surface area contributed by atoms with E-state index in [2.05, 4.69) is 30.4 Å². The molecular formula is C22H23ClN8O. The fourth-order valence-electron chi connectivity index (χ4n) is 4.13. The minimum absolute atomic E-state index is 0.210. The number of anilines is 2. The molecule has 1 saturated heterocycles. The largest absolute Gasteiger partial charge is 0.390 e. The third-order valence-corrected chi connectivity index (χ3v) is 6.30. The smallest absolute Gasteiger partial charge is 0.229 e. The minimum atomic E-state index is -0.210. The minimum Gasteiger partial charge on any atom is -0.390 e. The maximum atomic E-state index is 9.50. The van der Waals surface area contributed by atoms with E-state index in [-0.39, 0.29) is 6.10 Å². The topological polar surface area (TPSA) is 96.9 Å². The lowest BCUT2D eigenvalue weighted by Crippen LogP contribution is -2.49. The zero-order valence-corrected chi connectivity index (χ0v) is 18.4. The van der Waals surface area contributed by atoms with Crippen molar-refractivity contribution in [2.24, 2.45) is 0 Å². The number of fused-ring (bicyclic) bond motifs is 1. The van der Waals surface area contributed by atoms with Crippen molar-refractivity contribution >= 4 is 34.1 Å². The van der Waals surface area contributed by atoms with Crippen molar-refractivity contribution < 1.29 is 5.11 Å². The highest BCUT2D eigenvalue weighted by molar-refractivity contribution is 6.34. The number of likely N-dealkylation sites (tertiary alicyclic amines) is 1. The molecule has 2 fully saturated rings. The molecule has 4 aromatic rings. The quantitative estimate of drug-likeness (QED) is 0.465. The molecule has 0 bridgehead atoms. The highest BCUT2D eigenvalue weighted by atomic mass is 35.5. The summed E-state index contributed by atoms with van der Waals surface area (Å²) in [4.78, 5) is 11.2. The second kappa shape index (κ2) is 7.54. The summed E-state index contributed by atoms with van der Waals surface area (Å²) in [5.74, 6) is 1.16. The number of benzene rings is 1. The Morgan fingerprint density at radius 2 is 2.03 bits per heavy atom. The number of aromatic nitrogens is 6. The predicted octanol–water partition coefficient (Wildman–Crippen LogP) is 3.23. The third-order valence-electron chi connectivity index (χ3n) is 6.02. The average molecular weight is 451 g/mol. The molecular weight excluding hydrogens is 428 g/mol. The van der Waals surface area contributed by atoms with E-state index in [1.807, 2.05) is 42.1 Å². The first-order valence-corrected chi connectivity index (χ1v) is 11.1. The van der Waals surface area contributed by atoms with Gasteiger partial charge in [0.25, 0.3) is 0 Å². The molecule has 4 heterocycles. The average Bonchev–Trinajstić information content (AvgIpc) is 3.47. The van der Waals surface area contributed by atoms with E-state index in [1.54, 1.807) is 10.9 Å². The predicted molar refractivity (Wildman–Crippen MR) is 121 cm³/mol. The van der Waals surface area contributed by atoms with Crippen molar-refractivity contribution in [3.63, 3.8) is 0 Å². The molecule has 10 heteroatoms. The van der Waals surface area contributed by atoms with E-state index in [4.69, 9.17) is 11.6 Å². The number of aryl methyl sites for hydroxylation is 1. The van der Waals surface area contributed by atoms with Crippen LogP contribution >= 0.6 is 11.6 Å². The molecule has 1 aromatic carbocycles. The van der Waals surface area contributed by atoms with Crippen molar-refractivity contribution in [2.45, 2.75) is 38.5 Å². The van der Waals surface area contributed by atoms with Gasteiger partial charge in [-0.2, -0.15) is 15.2 Å². The Kier molecular flexibility index (Phi) is 4.63. The Labute approximate surface area is 189 Å². The van der Waals surface area contributed by atoms with E-state index in [9.17, 15) is 5.11 Å². The Hall–Kier alpha value is -3.01. The van der Waals surface area contributed by atoms with Crippen molar-refractivity contribution in [2.75, 3.05) is 18.4 Å². The maximum Gasteiger partial charge on any atom is 0.229 e. The maximum absolute atomic E-state index is 9.50. The highest BCUT2D eigenvalue weighted by Crippen LogP contribution is 2.39. The molecule has 1 saturated carbocycles. The molecule has 3 aromatic heterocycles.